The summed E-state index contributed by atoms with van der Waals surface area (Å²) in [7, 11) is -1.65. The number of aromatic nitrogens is 4. The topological polar surface area (TPSA) is 90.2 Å². The first-order valence-corrected chi connectivity index (χ1v) is 9.08. The van der Waals surface area contributed by atoms with Crippen LogP contribution in [0.2, 0.25) is 0 Å². The highest BCUT2D eigenvalue weighted by atomic mass is 32.2. The van der Waals surface area contributed by atoms with Crippen LogP contribution in [0.4, 0.5) is 0 Å². The van der Waals surface area contributed by atoms with Crippen molar-refractivity contribution in [3.8, 4) is 17.1 Å². The average molecular weight is 337 g/mol. The molecular formula is C14H19N5O3S. The van der Waals surface area contributed by atoms with Crippen LogP contribution in [0.15, 0.2) is 24.5 Å². The standard InChI is InChI=1S/C14H19N5O3S/c1-22-14-5-4-12(10-15-14)13-11-18(17-16-13)8-9-23(20,21)19-6-2-3-7-19/h4-5,10-11H,2-3,6-9H2,1H3. The van der Waals surface area contributed by atoms with Gasteiger partial charge in [-0.1, -0.05) is 5.21 Å². The molecule has 1 saturated heterocycles. The zero-order valence-corrected chi connectivity index (χ0v) is 13.7. The molecule has 0 radical (unpaired) electrons. The Kier molecular flexibility index (Phi) is 4.58. The summed E-state index contributed by atoms with van der Waals surface area (Å²) in [6, 6.07) is 3.58. The van der Waals surface area contributed by atoms with Gasteiger partial charge in [-0.15, -0.1) is 5.10 Å². The molecule has 9 heteroatoms. The Labute approximate surface area is 135 Å². The van der Waals surface area contributed by atoms with E-state index in [0.29, 0.717) is 24.7 Å². The summed E-state index contributed by atoms with van der Waals surface area (Å²) in [6.45, 7) is 1.54. The molecule has 0 bridgehead atoms. The fourth-order valence-electron chi connectivity index (χ4n) is 2.50. The second kappa shape index (κ2) is 6.63. The third-order valence-corrected chi connectivity index (χ3v) is 5.67. The van der Waals surface area contributed by atoms with E-state index in [0.717, 1.165) is 18.4 Å². The van der Waals surface area contributed by atoms with Crippen LogP contribution in [0.25, 0.3) is 11.3 Å². The Morgan fingerprint density at radius 2 is 2.04 bits per heavy atom. The van der Waals surface area contributed by atoms with Gasteiger partial charge in [-0.3, -0.25) is 4.68 Å². The third-order valence-electron chi connectivity index (χ3n) is 3.82. The minimum Gasteiger partial charge on any atom is -0.481 e. The molecule has 1 fully saturated rings. The molecule has 0 spiro atoms. The van der Waals surface area contributed by atoms with Gasteiger partial charge in [0.15, 0.2) is 0 Å². The highest BCUT2D eigenvalue weighted by molar-refractivity contribution is 7.89. The Hall–Kier alpha value is -2.00. The van der Waals surface area contributed by atoms with Gasteiger partial charge in [-0.2, -0.15) is 0 Å². The predicted octanol–water partition coefficient (Wildman–Crippen LogP) is 0.774. The molecule has 2 aromatic heterocycles. The quantitative estimate of drug-likeness (QED) is 0.773. The maximum atomic E-state index is 12.2. The van der Waals surface area contributed by atoms with Gasteiger partial charge >= 0.3 is 0 Å². The van der Waals surface area contributed by atoms with Crippen molar-refractivity contribution in [2.45, 2.75) is 19.4 Å². The summed E-state index contributed by atoms with van der Waals surface area (Å²) in [5.74, 6) is 0.564. The second-order valence-electron chi connectivity index (χ2n) is 5.38. The van der Waals surface area contributed by atoms with E-state index in [1.165, 1.54) is 0 Å². The molecule has 3 rings (SSSR count). The lowest BCUT2D eigenvalue weighted by atomic mass is 10.2. The van der Waals surface area contributed by atoms with Crippen molar-refractivity contribution in [1.82, 2.24) is 24.3 Å². The summed E-state index contributed by atoms with van der Waals surface area (Å²) in [6.07, 6.45) is 5.26. The van der Waals surface area contributed by atoms with Gasteiger partial charge in [0, 0.05) is 30.9 Å². The molecule has 1 aliphatic heterocycles. The molecule has 0 unspecified atom stereocenters. The molecule has 0 atom stereocenters. The maximum Gasteiger partial charge on any atom is 0.215 e. The zero-order chi connectivity index (χ0) is 16.3. The van der Waals surface area contributed by atoms with Crippen molar-refractivity contribution in [1.29, 1.82) is 0 Å². The molecule has 0 N–H and O–H groups in total. The van der Waals surface area contributed by atoms with Crippen molar-refractivity contribution in [2.24, 2.45) is 0 Å². The molecule has 0 aromatic carbocycles. The zero-order valence-electron chi connectivity index (χ0n) is 12.9. The molecule has 1 aliphatic rings. The maximum absolute atomic E-state index is 12.2. The summed E-state index contributed by atoms with van der Waals surface area (Å²) in [4.78, 5) is 4.12. The van der Waals surface area contributed by atoms with Gasteiger partial charge in [0.25, 0.3) is 0 Å². The molecule has 2 aromatic rings. The van der Waals surface area contributed by atoms with Gasteiger partial charge in [0.05, 0.1) is 25.6 Å². The molecule has 8 nitrogen and oxygen atoms in total. The lowest BCUT2D eigenvalue weighted by Crippen LogP contribution is -2.31. The van der Waals surface area contributed by atoms with Crippen molar-refractivity contribution in [2.75, 3.05) is 26.0 Å². The van der Waals surface area contributed by atoms with Gasteiger partial charge in [0.2, 0.25) is 15.9 Å². The normalized spacial score (nSPS) is 15.9. The summed E-state index contributed by atoms with van der Waals surface area (Å²) >= 11 is 0. The van der Waals surface area contributed by atoms with Gasteiger partial charge in [-0.25, -0.2) is 17.7 Å². The van der Waals surface area contributed by atoms with Crippen molar-refractivity contribution >= 4 is 10.0 Å². The highest BCUT2D eigenvalue weighted by Crippen LogP contribution is 2.18. The first-order valence-electron chi connectivity index (χ1n) is 7.47. The molecule has 124 valence electrons. The average Bonchev–Trinajstić information content (AvgIpc) is 3.25. The molecule has 3 heterocycles. The van der Waals surface area contributed by atoms with E-state index in [9.17, 15) is 8.42 Å². The third kappa shape index (κ3) is 3.67. The van der Waals surface area contributed by atoms with E-state index in [2.05, 4.69) is 15.3 Å². The van der Waals surface area contributed by atoms with Crippen LogP contribution in [0.1, 0.15) is 12.8 Å². The van der Waals surface area contributed by atoms with E-state index < -0.39 is 10.0 Å². The van der Waals surface area contributed by atoms with Gasteiger partial charge in [-0.05, 0) is 18.9 Å². The van der Waals surface area contributed by atoms with Crippen LogP contribution in [0, 0.1) is 0 Å². The minimum absolute atomic E-state index is 0.0384. The monoisotopic (exact) mass is 337 g/mol. The number of sulfonamides is 1. The van der Waals surface area contributed by atoms with Crippen LogP contribution in [-0.2, 0) is 16.6 Å². The van der Waals surface area contributed by atoms with Gasteiger partial charge in [0.1, 0.15) is 5.69 Å². The fourth-order valence-corrected chi connectivity index (χ4v) is 3.99. The SMILES string of the molecule is COc1ccc(-c2cn(CCS(=O)(=O)N3CCCC3)nn2)cn1. The van der Waals surface area contributed by atoms with Gasteiger partial charge < -0.3 is 4.74 Å². The van der Waals surface area contributed by atoms with E-state index >= 15 is 0 Å². The number of methoxy groups -OCH3 is 1. The summed E-state index contributed by atoms with van der Waals surface area (Å²) < 4.78 is 32.5. The summed E-state index contributed by atoms with van der Waals surface area (Å²) in [5.41, 5.74) is 1.46. The molecule has 0 amide bonds. The van der Waals surface area contributed by atoms with Crippen LogP contribution in [-0.4, -0.2) is 58.7 Å². The number of hydrogen-bond donors (Lipinski definition) is 0. The lowest BCUT2D eigenvalue weighted by Gasteiger charge is -2.14. The van der Waals surface area contributed by atoms with E-state index in [-0.39, 0.29) is 12.3 Å². The van der Waals surface area contributed by atoms with Crippen molar-refractivity contribution in [3.05, 3.63) is 24.5 Å². The first kappa shape index (κ1) is 15.9. The lowest BCUT2D eigenvalue weighted by molar-refractivity contribution is 0.398. The van der Waals surface area contributed by atoms with Crippen LogP contribution < -0.4 is 4.74 Å². The van der Waals surface area contributed by atoms with Crippen LogP contribution in [0.5, 0.6) is 5.88 Å². The van der Waals surface area contributed by atoms with E-state index in [4.69, 9.17) is 4.74 Å². The van der Waals surface area contributed by atoms with Crippen LogP contribution >= 0.6 is 0 Å². The number of hydrogen-bond acceptors (Lipinski definition) is 6. The Morgan fingerprint density at radius 3 is 2.70 bits per heavy atom. The Morgan fingerprint density at radius 1 is 1.26 bits per heavy atom. The van der Waals surface area contributed by atoms with E-state index in [1.807, 2.05) is 6.07 Å². The molecule has 0 saturated carbocycles. The molecular weight excluding hydrogens is 318 g/mol. The molecule has 0 aliphatic carbocycles. The number of pyridine rings is 1. The summed E-state index contributed by atoms with van der Waals surface area (Å²) in [5, 5.41) is 8.05. The fraction of sp³-hybridized carbons (Fsp3) is 0.500. The number of aryl methyl sites for hydroxylation is 1. The Bertz CT molecular complexity index is 751. The van der Waals surface area contributed by atoms with Crippen LogP contribution in [0.3, 0.4) is 0 Å². The minimum atomic E-state index is -3.21. The van der Waals surface area contributed by atoms with Crippen molar-refractivity contribution in [3.63, 3.8) is 0 Å². The predicted molar refractivity (Wildman–Crippen MR) is 84.4 cm³/mol. The number of nitrogens with zero attached hydrogens (tertiary/aromatic N) is 5. The second-order valence-corrected chi connectivity index (χ2v) is 7.47. The highest BCUT2D eigenvalue weighted by Gasteiger charge is 2.25. The smallest absolute Gasteiger partial charge is 0.215 e. The first-order chi connectivity index (χ1) is 11.1. The molecule has 23 heavy (non-hydrogen) atoms. The number of ether oxygens (including phenoxy) is 1. The Balaban J connectivity index is 1.65. The van der Waals surface area contributed by atoms with Crippen molar-refractivity contribution < 1.29 is 13.2 Å². The largest absolute Gasteiger partial charge is 0.481 e. The van der Waals surface area contributed by atoms with E-state index in [1.54, 1.807) is 34.6 Å². The number of rotatable bonds is 6.